The fourth-order valence-electron chi connectivity index (χ4n) is 2.74. The van der Waals surface area contributed by atoms with Gasteiger partial charge in [0.2, 0.25) is 5.91 Å². The molecule has 0 fully saturated rings. The van der Waals surface area contributed by atoms with Crippen molar-refractivity contribution in [1.82, 2.24) is 15.2 Å². The Bertz CT molecular complexity index is 948. The lowest BCUT2D eigenvalue weighted by Gasteiger charge is -2.20. The van der Waals surface area contributed by atoms with Crippen molar-refractivity contribution in [3.8, 4) is 5.75 Å². The smallest absolute Gasteiger partial charge is 0.260 e. The van der Waals surface area contributed by atoms with Crippen LogP contribution in [0.25, 0.3) is 20.3 Å². The highest BCUT2D eigenvalue weighted by Gasteiger charge is 2.18. The minimum absolute atomic E-state index is 0.0491. The summed E-state index contributed by atoms with van der Waals surface area (Å²) in [6, 6.07) is 3.93. The second-order valence-corrected chi connectivity index (χ2v) is 7.92. The van der Waals surface area contributed by atoms with Gasteiger partial charge in [-0.2, -0.15) is 0 Å². The Morgan fingerprint density at radius 3 is 2.88 bits per heavy atom. The van der Waals surface area contributed by atoms with E-state index in [2.05, 4.69) is 10.3 Å². The number of nitrogens with one attached hydrogen (secondary N) is 1. The van der Waals surface area contributed by atoms with E-state index in [9.17, 15) is 9.59 Å². The highest BCUT2D eigenvalue weighted by molar-refractivity contribution is 7.21. The van der Waals surface area contributed by atoms with E-state index >= 15 is 0 Å². The van der Waals surface area contributed by atoms with Gasteiger partial charge >= 0.3 is 0 Å². The third-order valence-electron chi connectivity index (χ3n) is 3.96. The summed E-state index contributed by atoms with van der Waals surface area (Å²) >= 11 is 3.23. The molecule has 0 aliphatic rings. The SMILES string of the molecule is CCNC(=O)CN(CC)C(=O)COc1cc2sc(C)nc2c2sccc12. The number of fused-ring (bicyclic) bond motifs is 3. The minimum Gasteiger partial charge on any atom is -0.483 e. The van der Waals surface area contributed by atoms with E-state index in [4.69, 9.17) is 4.74 Å². The molecule has 0 saturated carbocycles. The number of thiazole rings is 1. The van der Waals surface area contributed by atoms with E-state index in [1.165, 1.54) is 4.90 Å². The third kappa shape index (κ3) is 3.81. The first-order valence-corrected chi connectivity index (χ1v) is 10.2. The highest BCUT2D eigenvalue weighted by atomic mass is 32.1. The molecule has 0 radical (unpaired) electrons. The van der Waals surface area contributed by atoms with Gasteiger partial charge in [-0.15, -0.1) is 22.7 Å². The molecule has 2 aromatic heterocycles. The van der Waals surface area contributed by atoms with Gasteiger partial charge in [-0.25, -0.2) is 4.98 Å². The highest BCUT2D eigenvalue weighted by Crippen LogP contribution is 2.38. The van der Waals surface area contributed by atoms with Crippen LogP contribution in [0.5, 0.6) is 5.75 Å². The van der Waals surface area contributed by atoms with Gasteiger partial charge in [0.25, 0.3) is 5.91 Å². The summed E-state index contributed by atoms with van der Waals surface area (Å²) in [5.74, 6) is 0.312. The Morgan fingerprint density at radius 1 is 1.35 bits per heavy atom. The van der Waals surface area contributed by atoms with E-state index in [0.29, 0.717) is 18.8 Å². The molecule has 6 nitrogen and oxygen atoms in total. The Morgan fingerprint density at radius 2 is 2.15 bits per heavy atom. The number of carbonyl (C=O) groups excluding carboxylic acids is 2. The predicted molar refractivity (Wildman–Crippen MR) is 106 cm³/mol. The molecule has 0 spiro atoms. The van der Waals surface area contributed by atoms with Crippen molar-refractivity contribution in [2.75, 3.05) is 26.2 Å². The summed E-state index contributed by atoms with van der Waals surface area (Å²) < 4.78 is 7.97. The summed E-state index contributed by atoms with van der Waals surface area (Å²) in [6.07, 6.45) is 0. The molecule has 2 amide bonds. The van der Waals surface area contributed by atoms with Gasteiger partial charge in [-0.05, 0) is 32.2 Å². The Balaban J connectivity index is 1.76. The van der Waals surface area contributed by atoms with Gasteiger partial charge in [-0.3, -0.25) is 9.59 Å². The molecular formula is C18H21N3O3S2. The molecular weight excluding hydrogens is 370 g/mol. The van der Waals surface area contributed by atoms with Crippen LogP contribution in [0, 0.1) is 6.92 Å². The number of benzene rings is 1. The van der Waals surface area contributed by atoms with Crippen LogP contribution in [0.1, 0.15) is 18.9 Å². The number of carbonyl (C=O) groups is 2. The molecule has 0 bridgehead atoms. The fourth-order valence-corrected chi connectivity index (χ4v) is 4.57. The van der Waals surface area contributed by atoms with Crippen molar-refractivity contribution in [1.29, 1.82) is 0 Å². The zero-order valence-corrected chi connectivity index (χ0v) is 16.6. The van der Waals surface area contributed by atoms with Gasteiger partial charge < -0.3 is 15.0 Å². The minimum atomic E-state index is -0.206. The molecule has 1 aromatic carbocycles. The topological polar surface area (TPSA) is 71.5 Å². The maximum atomic E-state index is 12.4. The molecule has 3 aromatic rings. The number of likely N-dealkylation sites (N-methyl/N-ethyl adjacent to an activating group) is 2. The number of ether oxygens (including phenoxy) is 1. The van der Waals surface area contributed by atoms with Crippen molar-refractivity contribution >= 4 is 54.8 Å². The van der Waals surface area contributed by atoms with Crippen LogP contribution < -0.4 is 10.1 Å². The fraction of sp³-hybridized carbons (Fsp3) is 0.389. The lowest BCUT2D eigenvalue weighted by atomic mass is 10.2. The lowest BCUT2D eigenvalue weighted by Crippen LogP contribution is -2.42. The summed E-state index contributed by atoms with van der Waals surface area (Å²) in [5, 5.41) is 6.67. The van der Waals surface area contributed by atoms with E-state index in [1.807, 2.05) is 38.3 Å². The monoisotopic (exact) mass is 391 g/mol. The second-order valence-electron chi connectivity index (χ2n) is 5.77. The normalized spacial score (nSPS) is 11.0. The summed E-state index contributed by atoms with van der Waals surface area (Å²) in [5.41, 5.74) is 0.989. The quantitative estimate of drug-likeness (QED) is 0.671. The van der Waals surface area contributed by atoms with Crippen LogP contribution in [0.2, 0.25) is 0 Å². The average Bonchev–Trinajstić information content (AvgIpc) is 3.23. The van der Waals surface area contributed by atoms with Crippen molar-refractivity contribution in [2.45, 2.75) is 20.8 Å². The molecule has 1 N–H and O–H groups in total. The number of hydrogen-bond acceptors (Lipinski definition) is 6. The van der Waals surface area contributed by atoms with Gasteiger partial charge in [-0.1, -0.05) is 0 Å². The largest absolute Gasteiger partial charge is 0.483 e. The average molecular weight is 392 g/mol. The first kappa shape index (κ1) is 18.6. The molecule has 138 valence electrons. The Hall–Kier alpha value is -2.19. The summed E-state index contributed by atoms with van der Waals surface area (Å²) in [7, 11) is 0. The molecule has 0 aliphatic heterocycles. The Kier molecular flexibility index (Phi) is 5.73. The van der Waals surface area contributed by atoms with Crippen LogP contribution in [0.4, 0.5) is 0 Å². The van der Waals surface area contributed by atoms with E-state index in [1.54, 1.807) is 22.7 Å². The summed E-state index contributed by atoms with van der Waals surface area (Å²) in [6.45, 7) is 6.64. The molecule has 26 heavy (non-hydrogen) atoms. The molecule has 0 saturated heterocycles. The maximum absolute atomic E-state index is 12.4. The third-order valence-corrected chi connectivity index (χ3v) is 5.80. The van der Waals surface area contributed by atoms with Crippen LogP contribution in [0.15, 0.2) is 17.5 Å². The van der Waals surface area contributed by atoms with Crippen LogP contribution in [-0.4, -0.2) is 47.9 Å². The zero-order chi connectivity index (χ0) is 18.7. The maximum Gasteiger partial charge on any atom is 0.260 e. The van der Waals surface area contributed by atoms with E-state index in [0.717, 1.165) is 25.3 Å². The molecule has 8 heteroatoms. The predicted octanol–water partition coefficient (Wildman–Crippen LogP) is 3.18. The van der Waals surface area contributed by atoms with E-state index in [-0.39, 0.29) is 25.0 Å². The standard InChI is InChI=1S/C18H21N3O3S2/c1-4-19-15(22)9-21(5-2)16(23)10-24-13-8-14-17(20-11(3)26-14)18-12(13)6-7-25-18/h6-8H,4-5,9-10H2,1-3H3,(H,19,22). The van der Waals surface area contributed by atoms with Crippen molar-refractivity contribution in [2.24, 2.45) is 0 Å². The zero-order valence-electron chi connectivity index (χ0n) is 15.0. The first-order valence-electron chi connectivity index (χ1n) is 8.48. The van der Waals surface area contributed by atoms with Gasteiger partial charge in [0.15, 0.2) is 6.61 Å². The number of nitrogens with zero attached hydrogens (tertiary/aromatic N) is 2. The lowest BCUT2D eigenvalue weighted by molar-refractivity contribution is -0.137. The van der Waals surface area contributed by atoms with Crippen molar-refractivity contribution < 1.29 is 14.3 Å². The van der Waals surface area contributed by atoms with Gasteiger partial charge in [0, 0.05) is 24.5 Å². The molecule has 0 aliphatic carbocycles. The number of hydrogen-bond donors (Lipinski definition) is 1. The molecule has 2 heterocycles. The first-order chi connectivity index (χ1) is 12.5. The van der Waals surface area contributed by atoms with Crippen molar-refractivity contribution in [3.05, 3.63) is 22.5 Å². The van der Waals surface area contributed by atoms with Gasteiger partial charge in [0.05, 0.1) is 26.5 Å². The number of rotatable bonds is 7. The van der Waals surface area contributed by atoms with Gasteiger partial charge in [0.1, 0.15) is 5.75 Å². The number of aromatic nitrogens is 1. The van der Waals surface area contributed by atoms with Crippen molar-refractivity contribution in [3.63, 3.8) is 0 Å². The number of amides is 2. The van der Waals surface area contributed by atoms with Crippen LogP contribution >= 0.6 is 22.7 Å². The molecule has 3 rings (SSSR count). The number of aryl methyl sites for hydroxylation is 1. The Labute approximate surface area is 159 Å². The van der Waals surface area contributed by atoms with Crippen LogP contribution in [-0.2, 0) is 9.59 Å². The molecule has 0 atom stereocenters. The van der Waals surface area contributed by atoms with Crippen LogP contribution in [0.3, 0.4) is 0 Å². The molecule has 0 unspecified atom stereocenters. The summed E-state index contributed by atoms with van der Waals surface area (Å²) in [4.78, 5) is 30.3. The second kappa shape index (κ2) is 8.01. The van der Waals surface area contributed by atoms with E-state index < -0.39 is 0 Å². The number of thiophene rings is 1.